The van der Waals surface area contributed by atoms with E-state index in [0.717, 1.165) is 27.9 Å². The fourth-order valence-electron chi connectivity index (χ4n) is 3.95. The molecule has 0 unspecified atom stereocenters. The second-order valence-corrected chi connectivity index (χ2v) is 8.30. The third-order valence-corrected chi connectivity index (χ3v) is 6.13. The van der Waals surface area contributed by atoms with Crippen LogP contribution in [0.15, 0.2) is 66.4 Å². The maximum atomic E-state index is 13.7. The summed E-state index contributed by atoms with van der Waals surface area (Å²) in [5, 5.41) is 3.29. The van der Waals surface area contributed by atoms with E-state index in [-0.39, 0.29) is 17.5 Å². The molecule has 4 rings (SSSR count). The van der Waals surface area contributed by atoms with Crippen molar-refractivity contribution in [2.45, 2.75) is 34.6 Å². The summed E-state index contributed by atoms with van der Waals surface area (Å²) < 4.78 is 5.59. The summed E-state index contributed by atoms with van der Waals surface area (Å²) in [5.74, 6) is -0.133. The molecular formula is C28H28N2O3. The lowest BCUT2D eigenvalue weighted by molar-refractivity contribution is -0.120. The van der Waals surface area contributed by atoms with Gasteiger partial charge in [-0.15, -0.1) is 0 Å². The normalized spacial score (nSPS) is 13.7. The van der Waals surface area contributed by atoms with Gasteiger partial charge in [0.15, 0.2) is 0 Å². The predicted octanol–water partition coefficient (Wildman–Crippen LogP) is 5.72. The van der Waals surface area contributed by atoms with Gasteiger partial charge in [0.1, 0.15) is 11.4 Å². The summed E-state index contributed by atoms with van der Waals surface area (Å²) in [6.45, 7) is 10.4. The van der Waals surface area contributed by atoms with Crippen LogP contribution in [0.5, 0.6) is 5.75 Å². The number of aryl methyl sites for hydroxylation is 3. The number of hydrogen-bond donors (Lipinski definition) is 1. The van der Waals surface area contributed by atoms with E-state index < -0.39 is 0 Å². The number of carbonyl (C=O) groups is 2. The van der Waals surface area contributed by atoms with Crippen LogP contribution in [0.4, 0.5) is 11.4 Å². The molecule has 5 heteroatoms. The summed E-state index contributed by atoms with van der Waals surface area (Å²) in [5.41, 5.74) is 6.96. The van der Waals surface area contributed by atoms with Crippen LogP contribution in [0.2, 0.25) is 0 Å². The van der Waals surface area contributed by atoms with Crippen LogP contribution in [-0.4, -0.2) is 18.4 Å². The standard InChI is InChI=1S/C28H28N2O3/c1-6-33-23-11-8-10-22(16-23)30-27(31)25(21-14-13-17(2)19(4)15-21)26(28(30)32)29-24-12-7-9-18(3)20(24)5/h7-16,29H,6H2,1-5H3. The van der Waals surface area contributed by atoms with Crippen molar-refractivity contribution in [1.29, 1.82) is 0 Å². The topological polar surface area (TPSA) is 58.6 Å². The molecular weight excluding hydrogens is 412 g/mol. The van der Waals surface area contributed by atoms with E-state index >= 15 is 0 Å². The van der Waals surface area contributed by atoms with Crippen LogP contribution in [-0.2, 0) is 9.59 Å². The van der Waals surface area contributed by atoms with Gasteiger partial charge < -0.3 is 10.1 Å². The Bertz CT molecular complexity index is 1290. The molecule has 0 spiro atoms. The van der Waals surface area contributed by atoms with E-state index in [1.165, 1.54) is 4.90 Å². The number of imide groups is 1. The van der Waals surface area contributed by atoms with E-state index in [2.05, 4.69) is 5.32 Å². The highest BCUT2D eigenvalue weighted by Crippen LogP contribution is 2.36. The van der Waals surface area contributed by atoms with Gasteiger partial charge >= 0.3 is 0 Å². The summed E-state index contributed by atoms with van der Waals surface area (Å²) >= 11 is 0. The molecule has 3 aromatic carbocycles. The molecule has 1 aliphatic heterocycles. The number of anilines is 2. The van der Waals surface area contributed by atoms with Crippen molar-refractivity contribution in [2.75, 3.05) is 16.8 Å². The van der Waals surface area contributed by atoms with Gasteiger partial charge in [0.05, 0.1) is 17.9 Å². The van der Waals surface area contributed by atoms with Crippen LogP contribution in [0.25, 0.3) is 5.57 Å². The molecule has 168 valence electrons. The van der Waals surface area contributed by atoms with E-state index in [1.54, 1.807) is 18.2 Å². The zero-order chi connectivity index (χ0) is 23.7. The molecule has 33 heavy (non-hydrogen) atoms. The third kappa shape index (κ3) is 4.14. The monoisotopic (exact) mass is 440 g/mol. The molecule has 0 fully saturated rings. The fourth-order valence-corrected chi connectivity index (χ4v) is 3.95. The molecule has 0 aliphatic carbocycles. The van der Waals surface area contributed by atoms with Crippen molar-refractivity contribution < 1.29 is 14.3 Å². The molecule has 0 aromatic heterocycles. The Labute approximate surface area is 194 Å². The average molecular weight is 441 g/mol. The van der Waals surface area contributed by atoms with Crippen LogP contribution < -0.4 is 15.0 Å². The number of nitrogens with one attached hydrogen (secondary N) is 1. The zero-order valence-corrected chi connectivity index (χ0v) is 19.7. The first-order valence-corrected chi connectivity index (χ1v) is 11.1. The highest BCUT2D eigenvalue weighted by molar-refractivity contribution is 6.46. The third-order valence-electron chi connectivity index (χ3n) is 6.13. The fraction of sp³-hybridized carbons (Fsp3) is 0.214. The van der Waals surface area contributed by atoms with Gasteiger partial charge in [-0.05, 0) is 80.6 Å². The van der Waals surface area contributed by atoms with E-state index in [4.69, 9.17) is 4.74 Å². The second kappa shape index (κ2) is 8.94. The van der Waals surface area contributed by atoms with Crippen LogP contribution in [0.1, 0.15) is 34.7 Å². The maximum absolute atomic E-state index is 13.7. The van der Waals surface area contributed by atoms with Crippen LogP contribution in [0.3, 0.4) is 0 Å². The molecule has 1 N–H and O–H groups in total. The van der Waals surface area contributed by atoms with E-state index in [0.29, 0.717) is 29.2 Å². The summed E-state index contributed by atoms with van der Waals surface area (Å²) in [6.07, 6.45) is 0. The number of nitrogens with zero attached hydrogens (tertiary/aromatic N) is 1. The van der Waals surface area contributed by atoms with Gasteiger partial charge in [0, 0.05) is 11.8 Å². The van der Waals surface area contributed by atoms with Crippen molar-refractivity contribution >= 4 is 28.8 Å². The first kappa shape index (κ1) is 22.3. The Kier molecular flexibility index (Phi) is 6.05. The van der Waals surface area contributed by atoms with Crippen molar-refractivity contribution in [3.63, 3.8) is 0 Å². The molecule has 5 nitrogen and oxygen atoms in total. The van der Waals surface area contributed by atoms with Crippen LogP contribution >= 0.6 is 0 Å². The molecule has 1 heterocycles. The largest absolute Gasteiger partial charge is 0.494 e. The number of hydrogen-bond acceptors (Lipinski definition) is 4. The molecule has 0 bridgehead atoms. The minimum atomic E-state index is -0.386. The average Bonchev–Trinajstić information content (AvgIpc) is 3.03. The van der Waals surface area contributed by atoms with Gasteiger partial charge in [-0.1, -0.05) is 36.4 Å². The summed E-state index contributed by atoms with van der Waals surface area (Å²) in [6, 6.07) is 18.8. The van der Waals surface area contributed by atoms with E-state index in [9.17, 15) is 9.59 Å². The Balaban J connectivity index is 1.85. The Morgan fingerprint density at radius 1 is 0.818 bits per heavy atom. The van der Waals surface area contributed by atoms with Gasteiger partial charge in [-0.3, -0.25) is 9.59 Å². The Hall–Kier alpha value is -3.86. The lowest BCUT2D eigenvalue weighted by atomic mass is 9.99. The zero-order valence-electron chi connectivity index (χ0n) is 19.7. The highest BCUT2D eigenvalue weighted by Gasteiger charge is 2.40. The lowest BCUT2D eigenvalue weighted by Crippen LogP contribution is -2.32. The summed E-state index contributed by atoms with van der Waals surface area (Å²) in [7, 11) is 0. The summed E-state index contributed by atoms with van der Waals surface area (Å²) in [4.78, 5) is 28.6. The molecule has 3 aromatic rings. The SMILES string of the molecule is CCOc1cccc(N2C(=O)C(Nc3cccc(C)c3C)=C(c3ccc(C)c(C)c3)C2=O)c1. The first-order valence-electron chi connectivity index (χ1n) is 11.1. The van der Waals surface area contributed by atoms with Gasteiger partial charge in [-0.2, -0.15) is 0 Å². The maximum Gasteiger partial charge on any atom is 0.282 e. The number of carbonyl (C=O) groups excluding carboxylic acids is 2. The Morgan fingerprint density at radius 3 is 2.30 bits per heavy atom. The molecule has 0 saturated carbocycles. The number of rotatable bonds is 6. The van der Waals surface area contributed by atoms with Crippen molar-refractivity contribution in [1.82, 2.24) is 0 Å². The molecule has 0 atom stereocenters. The number of benzene rings is 3. The Morgan fingerprint density at radius 2 is 1.58 bits per heavy atom. The predicted molar refractivity (Wildman–Crippen MR) is 132 cm³/mol. The van der Waals surface area contributed by atoms with Gasteiger partial charge in [0.25, 0.3) is 11.8 Å². The molecule has 2 amide bonds. The van der Waals surface area contributed by atoms with Gasteiger partial charge in [0.2, 0.25) is 0 Å². The number of amides is 2. The van der Waals surface area contributed by atoms with Crippen LogP contribution in [0, 0.1) is 27.7 Å². The molecule has 0 radical (unpaired) electrons. The first-order chi connectivity index (χ1) is 15.8. The molecule has 1 aliphatic rings. The minimum absolute atomic E-state index is 0.277. The van der Waals surface area contributed by atoms with Gasteiger partial charge in [-0.25, -0.2) is 4.90 Å². The lowest BCUT2D eigenvalue weighted by Gasteiger charge is -2.17. The van der Waals surface area contributed by atoms with Crippen molar-refractivity contribution in [3.05, 3.63) is 94.2 Å². The highest BCUT2D eigenvalue weighted by atomic mass is 16.5. The van der Waals surface area contributed by atoms with E-state index in [1.807, 2.05) is 77.1 Å². The smallest absolute Gasteiger partial charge is 0.282 e. The van der Waals surface area contributed by atoms with Crippen molar-refractivity contribution in [3.8, 4) is 5.75 Å². The minimum Gasteiger partial charge on any atom is -0.494 e. The molecule has 0 saturated heterocycles. The quantitative estimate of drug-likeness (QED) is 0.499. The number of ether oxygens (including phenoxy) is 1. The van der Waals surface area contributed by atoms with Crippen molar-refractivity contribution in [2.24, 2.45) is 0 Å². The second-order valence-electron chi connectivity index (χ2n) is 8.30.